The SMILES string of the molecule is Cc1ccccc1OCc1nc(S[C@H](C)C(=O)Nc2ccccc2)n[nH]1. The smallest absolute Gasteiger partial charge is 0.237 e. The highest BCUT2D eigenvalue weighted by molar-refractivity contribution is 8.00. The molecule has 2 aromatic carbocycles. The van der Waals surface area contributed by atoms with Crippen molar-refractivity contribution in [3.05, 3.63) is 66.0 Å². The maximum Gasteiger partial charge on any atom is 0.237 e. The molecule has 0 saturated carbocycles. The minimum absolute atomic E-state index is 0.0938. The monoisotopic (exact) mass is 368 g/mol. The quantitative estimate of drug-likeness (QED) is 0.620. The summed E-state index contributed by atoms with van der Waals surface area (Å²) >= 11 is 1.30. The van der Waals surface area contributed by atoms with Crippen LogP contribution in [0.5, 0.6) is 5.75 Å². The topological polar surface area (TPSA) is 79.9 Å². The maximum absolute atomic E-state index is 12.2. The van der Waals surface area contributed by atoms with E-state index in [0.29, 0.717) is 17.6 Å². The first-order chi connectivity index (χ1) is 12.6. The van der Waals surface area contributed by atoms with Crippen molar-refractivity contribution in [2.24, 2.45) is 0 Å². The molecule has 0 aliphatic carbocycles. The fourth-order valence-corrected chi connectivity index (χ4v) is 2.98. The first-order valence-electron chi connectivity index (χ1n) is 8.24. The number of H-pyrrole nitrogens is 1. The number of carbonyl (C=O) groups is 1. The Morgan fingerprint density at radius 2 is 1.92 bits per heavy atom. The standard InChI is InChI=1S/C19H20N4O2S/c1-13-8-6-7-11-16(13)25-12-17-21-19(23-22-17)26-14(2)18(24)20-15-9-4-3-5-10-15/h3-11,14H,12H2,1-2H3,(H,20,24)(H,21,22,23)/t14-/m1/s1. The number of ether oxygens (including phenoxy) is 1. The molecule has 0 radical (unpaired) electrons. The van der Waals surface area contributed by atoms with Crippen LogP contribution in [0.2, 0.25) is 0 Å². The number of hydrogen-bond donors (Lipinski definition) is 2. The van der Waals surface area contributed by atoms with E-state index in [1.54, 1.807) is 0 Å². The lowest BCUT2D eigenvalue weighted by atomic mass is 10.2. The van der Waals surface area contributed by atoms with Gasteiger partial charge in [-0.05, 0) is 37.6 Å². The number of thioether (sulfide) groups is 1. The normalized spacial score (nSPS) is 11.8. The number of aromatic amines is 1. The number of nitrogens with one attached hydrogen (secondary N) is 2. The zero-order valence-electron chi connectivity index (χ0n) is 14.6. The van der Waals surface area contributed by atoms with Gasteiger partial charge in [0, 0.05) is 5.69 Å². The molecule has 0 aliphatic heterocycles. The summed E-state index contributed by atoms with van der Waals surface area (Å²) in [5, 5.41) is 10.1. The summed E-state index contributed by atoms with van der Waals surface area (Å²) in [4.78, 5) is 16.6. The summed E-state index contributed by atoms with van der Waals surface area (Å²) in [5.41, 5.74) is 1.83. The van der Waals surface area contributed by atoms with Crippen molar-refractivity contribution >= 4 is 23.4 Å². The number of nitrogens with zero attached hydrogens (tertiary/aromatic N) is 2. The molecule has 26 heavy (non-hydrogen) atoms. The van der Waals surface area contributed by atoms with Gasteiger partial charge in [0.1, 0.15) is 12.4 Å². The van der Waals surface area contributed by atoms with Gasteiger partial charge in [-0.1, -0.05) is 48.2 Å². The van der Waals surface area contributed by atoms with Crippen LogP contribution in [0.4, 0.5) is 5.69 Å². The molecular formula is C19H20N4O2S. The molecule has 0 bridgehead atoms. The molecule has 6 nitrogen and oxygen atoms in total. The highest BCUT2D eigenvalue weighted by Crippen LogP contribution is 2.21. The van der Waals surface area contributed by atoms with E-state index in [2.05, 4.69) is 20.5 Å². The van der Waals surface area contributed by atoms with Crippen molar-refractivity contribution in [2.75, 3.05) is 5.32 Å². The molecule has 3 aromatic rings. The second-order valence-corrected chi connectivity index (χ2v) is 7.04. The molecule has 0 unspecified atom stereocenters. The Bertz CT molecular complexity index is 867. The van der Waals surface area contributed by atoms with Gasteiger partial charge >= 0.3 is 0 Å². The summed E-state index contributed by atoms with van der Waals surface area (Å²) in [5.74, 6) is 1.34. The van der Waals surface area contributed by atoms with Crippen molar-refractivity contribution in [1.29, 1.82) is 0 Å². The Balaban J connectivity index is 1.53. The van der Waals surface area contributed by atoms with Gasteiger partial charge in [-0.2, -0.15) is 0 Å². The number of anilines is 1. The van der Waals surface area contributed by atoms with Gasteiger partial charge in [0.05, 0.1) is 5.25 Å². The van der Waals surface area contributed by atoms with Crippen LogP contribution < -0.4 is 10.1 Å². The van der Waals surface area contributed by atoms with Gasteiger partial charge in [-0.25, -0.2) is 4.98 Å². The summed E-state index contributed by atoms with van der Waals surface area (Å²) in [6, 6.07) is 17.2. The summed E-state index contributed by atoms with van der Waals surface area (Å²) in [6.07, 6.45) is 0. The van der Waals surface area contributed by atoms with Crippen molar-refractivity contribution in [3.63, 3.8) is 0 Å². The molecule has 7 heteroatoms. The Labute approximate surface area is 156 Å². The predicted molar refractivity (Wildman–Crippen MR) is 102 cm³/mol. The van der Waals surface area contributed by atoms with E-state index in [9.17, 15) is 4.79 Å². The Morgan fingerprint density at radius 3 is 2.69 bits per heavy atom. The lowest BCUT2D eigenvalue weighted by molar-refractivity contribution is -0.115. The van der Waals surface area contributed by atoms with E-state index in [0.717, 1.165) is 17.0 Å². The first kappa shape index (κ1) is 18.0. The number of benzene rings is 2. The van der Waals surface area contributed by atoms with Crippen molar-refractivity contribution in [2.45, 2.75) is 30.9 Å². The molecule has 0 saturated heterocycles. The van der Waals surface area contributed by atoms with Crippen LogP contribution in [0.3, 0.4) is 0 Å². The third-order valence-electron chi connectivity index (χ3n) is 3.66. The third-order valence-corrected chi connectivity index (χ3v) is 4.62. The van der Waals surface area contributed by atoms with E-state index < -0.39 is 0 Å². The van der Waals surface area contributed by atoms with Crippen LogP contribution in [0.1, 0.15) is 18.3 Å². The van der Waals surface area contributed by atoms with Gasteiger partial charge in [0.25, 0.3) is 0 Å². The van der Waals surface area contributed by atoms with Gasteiger partial charge in [-0.15, -0.1) is 5.10 Å². The number of amides is 1. The highest BCUT2D eigenvalue weighted by atomic mass is 32.2. The van der Waals surface area contributed by atoms with Crippen LogP contribution in [0, 0.1) is 6.92 Å². The van der Waals surface area contributed by atoms with Crippen LogP contribution in [0.25, 0.3) is 0 Å². The fraction of sp³-hybridized carbons (Fsp3) is 0.211. The largest absolute Gasteiger partial charge is 0.485 e. The molecule has 134 valence electrons. The second kappa shape index (κ2) is 8.53. The van der Waals surface area contributed by atoms with E-state index in [4.69, 9.17) is 4.74 Å². The van der Waals surface area contributed by atoms with Crippen molar-refractivity contribution in [3.8, 4) is 5.75 Å². The molecule has 2 N–H and O–H groups in total. The Morgan fingerprint density at radius 1 is 1.19 bits per heavy atom. The molecule has 0 spiro atoms. The molecule has 1 aromatic heterocycles. The fourth-order valence-electron chi connectivity index (χ4n) is 2.24. The van der Waals surface area contributed by atoms with Crippen LogP contribution in [-0.4, -0.2) is 26.3 Å². The van der Waals surface area contributed by atoms with E-state index in [1.807, 2.05) is 68.4 Å². The Kier molecular flexibility index (Phi) is 5.91. The van der Waals surface area contributed by atoms with Crippen molar-refractivity contribution in [1.82, 2.24) is 15.2 Å². The van der Waals surface area contributed by atoms with Crippen LogP contribution in [0.15, 0.2) is 59.8 Å². The molecule has 1 amide bonds. The molecular weight excluding hydrogens is 348 g/mol. The molecule has 3 rings (SSSR count). The minimum Gasteiger partial charge on any atom is -0.485 e. The number of para-hydroxylation sites is 2. The maximum atomic E-state index is 12.2. The zero-order chi connectivity index (χ0) is 18.4. The predicted octanol–water partition coefficient (Wildman–Crippen LogP) is 3.81. The average Bonchev–Trinajstić information content (AvgIpc) is 3.09. The lowest BCUT2D eigenvalue weighted by Gasteiger charge is -2.09. The number of carbonyl (C=O) groups excluding carboxylic acids is 1. The van der Waals surface area contributed by atoms with Gasteiger partial charge in [0.15, 0.2) is 5.82 Å². The number of hydrogen-bond acceptors (Lipinski definition) is 5. The number of aromatic nitrogens is 3. The first-order valence-corrected chi connectivity index (χ1v) is 9.12. The van der Waals surface area contributed by atoms with E-state index >= 15 is 0 Å². The zero-order valence-corrected chi connectivity index (χ0v) is 15.4. The molecule has 1 atom stereocenters. The average molecular weight is 368 g/mol. The Hall–Kier alpha value is -2.80. The van der Waals surface area contributed by atoms with Gasteiger partial charge < -0.3 is 10.1 Å². The number of rotatable bonds is 7. The van der Waals surface area contributed by atoms with Gasteiger partial charge in [-0.3, -0.25) is 9.89 Å². The summed E-state index contributed by atoms with van der Waals surface area (Å²) in [6.45, 7) is 4.11. The van der Waals surface area contributed by atoms with Crippen molar-refractivity contribution < 1.29 is 9.53 Å². The molecule has 1 heterocycles. The highest BCUT2D eigenvalue weighted by Gasteiger charge is 2.17. The molecule has 0 fully saturated rings. The van der Waals surface area contributed by atoms with Crippen LogP contribution >= 0.6 is 11.8 Å². The molecule has 0 aliphatic rings. The lowest BCUT2D eigenvalue weighted by Crippen LogP contribution is -2.22. The summed E-state index contributed by atoms with van der Waals surface area (Å²) in [7, 11) is 0. The van der Waals surface area contributed by atoms with E-state index in [-0.39, 0.29) is 11.2 Å². The summed E-state index contributed by atoms with van der Waals surface area (Å²) < 4.78 is 5.75. The third kappa shape index (κ3) is 4.86. The minimum atomic E-state index is -0.323. The number of aryl methyl sites for hydroxylation is 1. The second-order valence-electron chi connectivity index (χ2n) is 5.73. The van der Waals surface area contributed by atoms with Gasteiger partial charge in [0.2, 0.25) is 11.1 Å². The van der Waals surface area contributed by atoms with E-state index in [1.165, 1.54) is 11.8 Å². The van der Waals surface area contributed by atoms with Crippen LogP contribution in [-0.2, 0) is 11.4 Å².